The van der Waals surface area contributed by atoms with Crippen LogP contribution in [0, 0.1) is 0 Å². The van der Waals surface area contributed by atoms with E-state index in [9.17, 15) is 0 Å². The second kappa shape index (κ2) is 6.64. The summed E-state index contributed by atoms with van der Waals surface area (Å²) >= 11 is 0. The van der Waals surface area contributed by atoms with Crippen molar-refractivity contribution in [2.75, 3.05) is 38.1 Å². The lowest BCUT2D eigenvalue weighted by Crippen LogP contribution is -2.45. The van der Waals surface area contributed by atoms with Crippen molar-refractivity contribution in [1.29, 1.82) is 0 Å². The van der Waals surface area contributed by atoms with Crippen LogP contribution in [0.5, 0.6) is 0 Å². The summed E-state index contributed by atoms with van der Waals surface area (Å²) in [6.45, 7) is 6.66. The van der Waals surface area contributed by atoms with Gasteiger partial charge < -0.3 is 10.1 Å². The number of tetrazole rings is 1. The van der Waals surface area contributed by atoms with Crippen LogP contribution >= 0.6 is 0 Å². The number of ether oxygens (including phenoxy) is 1. The maximum atomic E-state index is 5.77. The molecule has 0 bridgehead atoms. The fourth-order valence-corrected chi connectivity index (χ4v) is 2.44. The Hall–Kier alpha value is -1.99. The van der Waals surface area contributed by atoms with Gasteiger partial charge in [0.05, 0.1) is 18.4 Å². The highest BCUT2D eigenvalue weighted by atomic mass is 16.5. The average molecular weight is 288 g/mol. The number of hydrogen-bond acceptors (Lipinski definition) is 6. The van der Waals surface area contributed by atoms with Crippen LogP contribution < -0.4 is 5.32 Å². The van der Waals surface area contributed by atoms with E-state index in [2.05, 4.69) is 32.7 Å². The van der Waals surface area contributed by atoms with Gasteiger partial charge in [-0.05, 0) is 29.1 Å². The number of nitrogens with one attached hydrogen (secondary N) is 1. The number of benzene rings is 1. The molecule has 1 saturated heterocycles. The maximum absolute atomic E-state index is 5.77. The summed E-state index contributed by atoms with van der Waals surface area (Å²) in [4.78, 5) is 2.38. The van der Waals surface area contributed by atoms with E-state index >= 15 is 0 Å². The second-order valence-electron chi connectivity index (χ2n) is 5.02. The Labute approximate surface area is 123 Å². The smallest absolute Gasteiger partial charge is 0.247 e. The van der Waals surface area contributed by atoms with Gasteiger partial charge >= 0.3 is 0 Å². The third kappa shape index (κ3) is 3.37. The quantitative estimate of drug-likeness (QED) is 0.877. The zero-order valence-electron chi connectivity index (χ0n) is 12.1. The maximum Gasteiger partial charge on any atom is 0.247 e. The molecule has 21 heavy (non-hydrogen) atoms. The lowest BCUT2D eigenvalue weighted by molar-refractivity contribution is -0.0192. The molecule has 1 aliphatic rings. The number of aromatic nitrogens is 4. The lowest BCUT2D eigenvalue weighted by Gasteiger charge is -2.32. The van der Waals surface area contributed by atoms with Gasteiger partial charge in [0.1, 0.15) is 0 Å². The van der Waals surface area contributed by atoms with Crippen molar-refractivity contribution in [3.8, 4) is 5.69 Å². The largest absolute Gasteiger partial charge is 0.374 e. The Morgan fingerprint density at radius 2 is 2.19 bits per heavy atom. The van der Waals surface area contributed by atoms with E-state index in [4.69, 9.17) is 4.74 Å². The van der Waals surface area contributed by atoms with Crippen LogP contribution in [0.25, 0.3) is 5.69 Å². The molecule has 1 aliphatic heterocycles. The van der Waals surface area contributed by atoms with Crippen molar-refractivity contribution in [2.24, 2.45) is 0 Å². The van der Waals surface area contributed by atoms with Crippen LogP contribution in [0.1, 0.15) is 6.92 Å². The number of likely N-dealkylation sites (N-methyl/N-ethyl adjacent to an activating group) is 1. The molecule has 7 nitrogen and oxygen atoms in total. The molecule has 1 fully saturated rings. The molecule has 3 rings (SSSR count). The average Bonchev–Trinajstić information content (AvgIpc) is 3.02. The van der Waals surface area contributed by atoms with Crippen LogP contribution in [0.4, 0.5) is 5.95 Å². The monoisotopic (exact) mass is 288 g/mol. The van der Waals surface area contributed by atoms with Crippen molar-refractivity contribution < 1.29 is 4.74 Å². The van der Waals surface area contributed by atoms with Crippen molar-refractivity contribution in [1.82, 2.24) is 25.1 Å². The summed E-state index contributed by atoms with van der Waals surface area (Å²) in [6, 6.07) is 9.83. The van der Waals surface area contributed by atoms with E-state index in [-0.39, 0.29) is 6.10 Å². The van der Waals surface area contributed by atoms with E-state index in [0.29, 0.717) is 12.5 Å². The molecule has 1 aromatic heterocycles. The Kier molecular flexibility index (Phi) is 4.42. The van der Waals surface area contributed by atoms with Crippen molar-refractivity contribution >= 4 is 5.95 Å². The van der Waals surface area contributed by atoms with E-state index in [1.165, 1.54) is 0 Å². The normalized spacial score (nSPS) is 19.6. The van der Waals surface area contributed by atoms with E-state index in [0.717, 1.165) is 31.9 Å². The molecule has 1 N–H and O–H groups in total. The molecular weight excluding hydrogens is 268 g/mol. The van der Waals surface area contributed by atoms with E-state index in [1.807, 2.05) is 30.3 Å². The number of hydrogen-bond donors (Lipinski definition) is 1. The molecule has 0 amide bonds. The van der Waals surface area contributed by atoms with E-state index in [1.54, 1.807) is 4.68 Å². The van der Waals surface area contributed by atoms with Gasteiger partial charge in [0.2, 0.25) is 5.95 Å². The summed E-state index contributed by atoms with van der Waals surface area (Å²) in [7, 11) is 0. The van der Waals surface area contributed by atoms with Gasteiger partial charge in [0, 0.05) is 19.6 Å². The zero-order valence-corrected chi connectivity index (χ0v) is 12.1. The molecule has 0 aliphatic carbocycles. The minimum absolute atomic E-state index is 0.166. The van der Waals surface area contributed by atoms with Crippen molar-refractivity contribution in [3.63, 3.8) is 0 Å². The number of morpholine rings is 1. The molecule has 7 heteroatoms. The van der Waals surface area contributed by atoms with Crippen LogP contribution in [0.15, 0.2) is 30.3 Å². The minimum atomic E-state index is 0.166. The summed E-state index contributed by atoms with van der Waals surface area (Å²) in [5.74, 6) is 0.637. The lowest BCUT2D eigenvalue weighted by atomic mass is 10.2. The molecular formula is C14H20N6O. The van der Waals surface area contributed by atoms with Crippen LogP contribution in [0.3, 0.4) is 0 Å². The molecule has 0 spiro atoms. The van der Waals surface area contributed by atoms with Gasteiger partial charge in [-0.3, -0.25) is 4.90 Å². The molecule has 1 atom stereocenters. The first-order valence-corrected chi connectivity index (χ1v) is 7.28. The predicted octanol–water partition coefficient (Wildman–Crippen LogP) is 0.795. The summed E-state index contributed by atoms with van der Waals surface area (Å²) < 4.78 is 7.47. The number of anilines is 1. The molecule has 1 aromatic carbocycles. The van der Waals surface area contributed by atoms with Gasteiger partial charge in [0.25, 0.3) is 0 Å². The summed E-state index contributed by atoms with van der Waals surface area (Å²) in [5, 5.41) is 15.1. The van der Waals surface area contributed by atoms with Gasteiger partial charge in [-0.25, -0.2) is 0 Å². The summed E-state index contributed by atoms with van der Waals surface area (Å²) in [6.07, 6.45) is 0.166. The molecule has 112 valence electrons. The first-order chi connectivity index (χ1) is 10.4. The number of para-hydroxylation sites is 1. The third-order valence-corrected chi connectivity index (χ3v) is 3.63. The molecule has 0 saturated carbocycles. The fraction of sp³-hybridized carbons (Fsp3) is 0.500. The highest BCUT2D eigenvalue weighted by Crippen LogP contribution is 2.11. The Morgan fingerprint density at radius 1 is 1.33 bits per heavy atom. The zero-order chi connectivity index (χ0) is 14.5. The van der Waals surface area contributed by atoms with E-state index < -0.39 is 0 Å². The topological polar surface area (TPSA) is 68.1 Å². The van der Waals surface area contributed by atoms with Gasteiger partial charge in [-0.1, -0.05) is 30.2 Å². The SMILES string of the molecule is CCN1CCOC(CNc2nnnn2-c2ccccc2)C1. The predicted molar refractivity (Wildman–Crippen MR) is 79.5 cm³/mol. The Bertz CT molecular complexity index is 558. The first kappa shape index (κ1) is 14.0. The number of rotatable bonds is 5. The summed E-state index contributed by atoms with van der Waals surface area (Å²) in [5.41, 5.74) is 0.935. The second-order valence-corrected chi connectivity index (χ2v) is 5.02. The van der Waals surface area contributed by atoms with Crippen LogP contribution in [-0.4, -0.2) is 64.0 Å². The standard InChI is InChI=1S/C14H20N6O/c1-2-19-8-9-21-13(11-19)10-15-14-16-17-18-20(14)12-6-4-3-5-7-12/h3-7,13H,2,8-11H2,1H3,(H,15,16,18). The minimum Gasteiger partial charge on any atom is -0.374 e. The van der Waals surface area contributed by atoms with Gasteiger partial charge in [-0.15, -0.1) is 0 Å². The van der Waals surface area contributed by atoms with Crippen molar-refractivity contribution in [3.05, 3.63) is 30.3 Å². The fourth-order valence-electron chi connectivity index (χ4n) is 2.44. The van der Waals surface area contributed by atoms with Gasteiger partial charge in [-0.2, -0.15) is 4.68 Å². The third-order valence-electron chi connectivity index (χ3n) is 3.63. The molecule has 2 aromatic rings. The highest BCUT2D eigenvalue weighted by molar-refractivity contribution is 5.38. The Balaban J connectivity index is 1.63. The van der Waals surface area contributed by atoms with Crippen molar-refractivity contribution in [2.45, 2.75) is 13.0 Å². The molecule has 1 unspecified atom stereocenters. The first-order valence-electron chi connectivity index (χ1n) is 7.28. The highest BCUT2D eigenvalue weighted by Gasteiger charge is 2.19. The molecule has 0 radical (unpaired) electrons. The van der Waals surface area contributed by atoms with Crippen LogP contribution in [0.2, 0.25) is 0 Å². The number of nitrogens with zero attached hydrogens (tertiary/aromatic N) is 5. The Morgan fingerprint density at radius 3 is 3.00 bits per heavy atom. The molecule has 2 heterocycles. The van der Waals surface area contributed by atoms with Gasteiger partial charge in [0.15, 0.2) is 0 Å². The van der Waals surface area contributed by atoms with Crippen LogP contribution in [-0.2, 0) is 4.74 Å².